The fourth-order valence-corrected chi connectivity index (χ4v) is 1.09. The molecule has 0 spiro atoms. The number of aliphatic hydroxyl groups is 2. The molecule has 0 amide bonds. The molecule has 0 rings (SSSR count). The molecule has 0 aromatic rings. The van der Waals surface area contributed by atoms with E-state index >= 15 is 0 Å². The van der Waals surface area contributed by atoms with Crippen molar-refractivity contribution in [3.8, 4) is 0 Å². The van der Waals surface area contributed by atoms with Gasteiger partial charge in [0.05, 0.1) is 19.6 Å². The second-order valence-electron chi connectivity index (χ2n) is 3.27. The molecular weight excluding hydrogens is 244 g/mol. The van der Waals surface area contributed by atoms with Crippen molar-refractivity contribution in [2.75, 3.05) is 19.6 Å². The number of hydrogen-bond acceptors (Lipinski definition) is 6. The summed E-state index contributed by atoms with van der Waals surface area (Å²) in [5.41, 5.74) is 20.0. The first-order chi connectivity index (χ1) is 8.49. The van der Waals surface area contributed by atoms with Crippen molar-refractivity contribution in [1.82, 2.24) is 0 Å². The van der Waals surface area contributed by atoms with Crippen LogP contribution in [0.5, 0.6) is 0 Å². The Morgan fingerprint density at radius 1 is 0.944 bits per heavy atom. The van der Waals surface area contributed by atoms with E-state index < -0.39 is 30.8 Å². The Labute approximate surface area is 100 Å². The van der Waals surface area contributed by atoms with Gasteiger partial charge in [-0.15, -0.1) is 0 Å². The lowest BCUT2D eigenvalue weighted by Gasteiger charge is -2.38. The smallest absolute Gasteiger partial charge is 0.133 e. The van der Waals surface area contributed by atoms with E-state index in [0.717, 1.165) is 0 Å². The molecule has 12 heteroatoms. The van der Waals surface area contributed by atoms with Crippen molar-refractivity contribution in [1.29, 1.82) is 5.41 Å². The van der Waals surface area contributed by atoms with Gasteiger partial charge >= 0.3 is 0 Å². The maximum absolute atomic E-state index is 10.1. The van der Waals surface area contributed by atoms with E-state index in [-0.39, 0.29) is 0 Å². The predicted molar refractivity (Wildman–Crippen MR) is 60.7 cm³/mol. The minimum Gasteiger partial charge on any atom is -0.386 e. The molecule has 0 radical (unpaired) electrons. The molecule has 0 aliphatic carbocycles. The summed E-state index contributed by atoms with van der Waals surface area (Å²) in [6.45, 7) is -1.99. The fourth-order valence-electron chi connectivity index (χ4n) is 1.09. The van der Waals surface area contributed by atoms with Crippen LogP contribution < -0.4 is 0 Å². The monoisotopic (exact) mass is 254 g/mol. The van der Waals surface area contributed by atoms with Crippen molar-refractivity contribution < 1.29 is 10.2 Å². The van der Waals surface area contributed by atoms with E-state index in [1.165, 1.54) is 0 Å². The lowest BCUT2D eigenvalue weighted by Crippen LogP contribution is -2.61. The molecule has 0 aliphatic heterocycles. The third kappa shape index (κ3) is 3.52. The van der Waals surface area contributed by atoms with Gasteiger partial charge in [0.15, 0.2) is 0 Å². The minimum atomic E-state index is -2.30. The molecule has 0 bridgehead atoms. The lowest BCUT2D eigenvalue weighted by molar-refractivity contribution is -0.0898. The van der Waals surface area contributed by atoms with E-state index in [4.69, 9.17) is 22.0 Å². The van der Waals surface area contributed by atoms with Gasteiger partial charge in [-0.2, -0.15) is 0 Å². The van der Waals surface area contributed by atoms with E-state index in [1.807, 2.05) is 0 Å². The first-order valence-electron chi connectivity index (χ1n) is 4.48. The maximum Gasteiger partial charge on any atom is 0.133 e. The molecule has 0 saturated heterocycles. The van der Waals surface area contributed by atoms with Crippen molar-refractivity contribution in [2.45, 2.75) is 11.2 Å². The number of nitrogens with zero attached hydrogens (tertiary/aromatic N) is 9. The van der Waals surface area contributed by atoms with Gasteiger partial charge in [-0.05, 0) is 16.6 Å². The van der Waals surface area contributed by atoms with Crippen LogP contribution in [0.15, 0.2) is 15.3 Å². The van der Waals surface area contributed by atoms with E-state index in [2.05, 4.69) is 30.1 Å². The van der Waals surface area contributed by atoms with Gasteiger partial charge in [-0.1, -0.05) is 15.3 Å². The van der Waals surface area contributed by atoms with Gasteiger partial charge in [0.25, 0.3) is 0 Å². The highest BCUT2D eigenvalue weighted by Gasteiger charge is 2.46. The van der Waals surface area contributed by atoms with Crippen LogP contribution in [-0.4, -0.2) is 47.3 Å². The van der Waals surface area contributed by atoms with Crippen LogP contribution >= 0.6 is 0 Å². The van der Waals surface area contributed by atoms with Crippen LogP contribution in [0.3, 0.4) is 0 Å². The number of rotatable bonds is 8. The van der Waals surface area contributed by atoms with Gasteiger partial charge in [0.1, 0.15) is 11.2 Å². The van der Waals surface area contributed by atoms with E-state index in [9.17, 15) is 10.2 Å². The average Bonchev–Trinajstić information content (AvgIpc) is 2.39. The molecule has 0 aliphatic rings. The van der Waals surface area contributed by atoms with Crippen LogP contribution in [0.1, 0.15) is 0 Å². The third-order valence-electron chi connectivity index (χ3n) is 2.21. The number of nitrogens with one attached hydrogen (secondary N) is 1. The molecule has 1 atom stereocenters. The van der Waals surface area contributed by atoms with Crippen molar-refractivity contribution >= 4 is 6.21 Å². The third-order valence-corrected chi connectivity index (χ3v) is 2.21. The predicted octanol–water partition coefficient (Wildman–Crippen LogP) is 1.03. The summed E-state index contributed by atoms with van der Waals surface area (Å²) in [6.07, 6.45) is 0.432. The van der Waals surface area contributed by atoms with Gasteiger partial charge < -0.3 is 15.6 Å². The highest BCUT2D eigenvalue weighted by atomic mass is 16.4. The van der Waals surface area contributed by atoms with E-state index in [0.29, 0.717) is 6.21 Å². The maximum atomic E-state index is 10.1. The Kier molecular flexibility index (Phi) is 6.01. The Morgan fingerprint density at radius 3 is 1.67 bits per heavy atom. The van der Waals surface area contributed by atoms with Crippen LogP contribution in [0.2, 0.25) is 0 Å². The second kappa shape index (κ2) is 6.97. The topological polar surface area (TPSA) is 211 Å². The lowest BCUT2D eigenvalue weighted by atomic mass is 9.83. The van der Waals surface area contributed by atoms with Crippen molar-refractivity contribution in [3.63, 3.8) is 0 Å². The van der Waals surface area contributed by atoms with Gasteiger partial charge in [-0.3, -0.25) is 0 Å². The first kappa shape index (κ1) is 15.5. The molecule has 0 aromatic carbocycles. The molecule has 3 N–H and O–H groups in total. The normalized spacial score (nSPS) is 15.9. The number of azide groups is 3. The van der Waals surface area contributed by atoms with Gasteiger partial charge in [-0.25, -0.2) is 0 Å². The highest BCUT2D eigenvalue weighted by molar-refractivity contribution is 5.68. The minimum absolute atomic E-state index is 0.432. The van der Waals surface area contributed by atoms with Crippen molar-refractivity contribution in [2.24, 2.45) is 15.3 Å². The summed E-state index contributed by atoms with van der Waals surface area (Å²) < 4.78 is 0. The Morgan fingerprint density at radius 2 is 1.33 bits per heavy atom. The van der Waals surface area contributed by atoms with Crippen LogP contribution in [-0.2, 0) is 0 Å². The summed E-state index contributed by atoms with van der Waals surface area (Å²) in [6, 6.07) is 0. The molecule has 18 heavy (non-hydrogen) atoms. The first-order valence-corrected chi connectivity index (χ1v) is 4.48. The molecule has 0 aromatic heterocycles. The standard InChI is InChI=1S/C6H10N10O2/c7-1-5(17,2-11-14-8)6(18,3-12-15-9)4-13-16-10/h1,7,17-18H,2-4H2. The summed E-state index contributed by atoms with van der Waals surface area (Å²) >= 11 is 0. The van der Waals surface area contributed by atoms with Crippen LogP contribution in [0.25, 0.3) is 31.3 Å². The molecule has 0 heterocycles. The molecular formula is C6H10N10O2. The Balaban J connectivity index is 5.45. The molecule has 0 fully saturated rings. The Bertz CT molecular complexity index is 423. The number of hydrogen-bond donors (Lipinski definition) is 3. The van der Waals surface area contributed by atoms with E-state index in [1.54, 1.807) is 0 Å². The zero-order valence-corrected chi connectivity index (χ0v) is 9.12. The zero-order valence-electron chi connectivity index (χ0n) is 9.12. The van der Waals surface area contributed by atoms with Gasteiger partial charge in [0, 0.05) is 20.9 Å². The summed E-state index contributed by atoms with van der Waals surface area (Å²) in [5.74, 6) is 0. The Hall–Kier alpha value is -2.48. The largest absolute Gasteiger partial charge is 0.386 e. The molecule has 1 unspecified atom stereocenters. The fraction of sp³-hybridized carbons (Fsp3) is 0.833. The van der Waals surface area contributed by atoms with Crippen LogP contribution in [0, 0.1) is 5.41 Å². The quantitative estimate of drug-likeness (QED) is 0.250. The average molecular weight is 254 g/mol. The zero-order chi connectivity index (χ0) is 14.1. The summed E-state index contributed by atoms with van der Waals surface area (Å²) in [7, 11) is 0. The highest BCUT2D eigenvalue weighted by Crippen LogP contribution is 2.23. The SMILES string of the molecule is [N-]=[N+]=NCC(O)(C=N)C(O)(CN=[N+]=[N-])CN=[N+]=[N-]. The van der Waals surface area contributed by atoms with Gasteiger partial charge in [0.2, 0.25) is 0 Å². The molecule has 12 nitrogen and oxygen atoms in total. The summed E-state index contributed by atoms with van der Waals surface area (Å²) in [5, 5.41) is 36.4. The molecule has 96 valence electrons. The summed E-state index contributed by atoms with van der Waals surface area (Å²) in [4.78, 5) is 7.18. The second-order valence-corrected chi connectivity index (χ2v) is 3.27. The van der Waals surface area contributed by atoms with Crippen molar-refractivity contribution in [3.05, 3.63) is 31.3 Å². The van der Waals surface area contributed by atoms with Crippen LogP contribution in [0.4, 0.5) is 0 Å². The molecule has 0 saturated carbocycles.